The fraction of sp³-hybridized carbons (Fsp3) is 0.350. The molecule has 0 radical (unpaired) electrons. The van der Waals surface area contributed by atoms with E-state index in [0.29, 0.717) is 6.54 Å². The zero-order valence-corrected chi connectivity index (χ0v) is 15.5. The fourth-order valence-corrected chi connectivity index (χ4v) is 3.66. The summed E-state index contributed by atoms with van der Waals surface area (Å²) >= 11 is 0. The molecule has 0 saturated heterocycles. The SMILES string of the molecule is CC1(Oc2ccc3c(c2)C(c2cc(N4CCn5ncnc5C4)ncn2)=N3)CC1. The summed E-state index contributed by atoms with van der Waals surface area (Å²) in [6, 6.07) is 8.09. The lowest BCUT2D eigenvalue weighted by Gasteiger charge is -2.28. The summed E-state index contributed by atoms with van der Waals surface area (Å²) in [6.45, 7) is 4.48. The van der Waals surface area contributed by atoms with Crippen molar-refractivity contribution >= 4 is 17.2 Å². The first-order valence-corrected chi connectivity index (χ1v) is 9.53. The third-order valence-electron chi connectivity index (χ3n) is 5.60. The van der Waals surface area contributed by atoms with Crippen LogP contribution in [0.4, 0.5) is 11.5 Å². The monoisotopic (exact) mass is 373 g/mol. The van der Waals surface area contributed by atoms with Crippen LogP contribution in [-0.2, 0) is 13.1 Å². The van der Waals surface area contributed by atoms with E-state index in [0.717, 1.165) is 66.0 Å². The number of anilines is 1. The van der Waals surface area contributed by atoms with Gasteiger partial charge in [0.1, 0.15) is 35.6 Å². The molecule has 3 aromatic rings. The number of aliphatic imine (C=N–C) groups is 1. The zero-order valence-electron chi connectivity index (χ0n) is 15.5. The van der Waals surface area contributed by atoms with Crippen molar-refractivity contribution in [3.05, 3.63) is 54.0 Å². The van der Waals surface area contributed by atoms with Crippen molar-refractivity contribution in [2.45, 2.75) is 38.5 Å². The molecule has 28 heavy (non-hydrogen) atoms. The fourth-order valence-electron chi connectivity index (χ4n) is 3.66. The standard InChI is InChI=1S/C20H19N7O/c1-20(4-5-20)28-13-2-3-15-14(8-13)19(25-15)16-9-17(22-11-21-16)26-6-7-27-18(10-26)23-12-24-27/h2-3,8-9,11-12H,4-7,10H2,1H3. The minimum absolute atomic E-state index is 0.00615. The van der Waals surface area contributed by atoms with Crippen LogP contribution in [0.25, 0.3) is 0 Å². The van der Waals surface area contributed by atoms with Crippen LogP contribution in [0.3, 0.4) is 0 Å². The molecule has 8 nitrogen and oxygen atoms in total. The predicted octanol–water partition coefficient (Wildman–Crippen LogP) is 2.50. The van der Waals surface area contributed by atoms with Crippen LogP contribution in [0.15, 0.2) is 41.9 Å². The van der Waals surface area contributed by atoms with E-state index in [1.165, 1.54) is 0 Å². The maximum Gasteiger partial charge on any atom is 0.146 e. The van der Waals surface area contributed by atoms with Crippen LogP contribution in [-0.4, -0.2) is 42.6 Å². The summed E-state index contributed by atoms with van der Waals surface area (Å²) < 4.78 is 8.04. The van der Waals surface area contributed by atoms with Crippen molar-refractivity contribution in [1.29, 1.82) is 0 Å². The number of ether oxygens (including phenoxy) is 1. The van der Waals surface area contributed by atoms with Crippen molar-refractivity contribution in [2.75, 3.05) is 11.4 Å². The summed E-state index contributed by atoms with van der Waals surface area (Å²) in [4.78, 5) is 20.1. The molecular formula is C20H19N7O. The molecule has 6 rings (SSSR count). The van der Waals surface area contributed by atoms with E-state index in [2.05, 4.69) is 42.9 Å². The molecule has 1 aliphatic carbocycles. The number of nitrogens with zero attached hydrogens (tertiary/aromatic N) is 7. The Morgan fingerprint density at radius 1 is 1.04 bits per heavy atom. The average Bonchev–Trinajstić information content (AvgIpc) is 3.23. The molecule has 0 bridgehead atoms. The van der Waals surface area contributed by atoms with Crippen LogP contribution < -0.4 is 9.64 Å². The Morgan fingerprint density at radius 2 is 1.96 bits per heavy atom. The van der Waals surface area contributed by atoms with Gasteiger partial charge in [-0.05, 0) is 38.0 Å². The quantitative estimate of drug-likeness (QED) is 0.547. The van der Waals surface area contributed by atoms with Gasteiger partial charge in [-0.15, -0.1) is 0 Å². The van der Waals surface area contributed by atoms with Crippen molar-refractivity contribution in [1.82, 2.24) is 24.7 Å². The highest BCUT2D eigenvalue weighted by Gasteiger charge is 2.40. The molecule has 1 aromatic carbocycles. The van der Waals surface area contributed by atoms with E-state index in [-0.39, 0.29) is 5.60 Å². The lowest BCUT2D eigenvalue weighted by molar-refractivity contribution is 0.200. The van der Waals surface area contributed by atoms with Gasteiger partial charge in [-0.3, -0.25) is 0 Å². The van der Waals surface area contributed by atoms with E-state index in [9.17, 15) is 0 Å². The number of aromatic nitrogens is 5. The molecule has 0 amide bonds. The number of hydrogen-bond donors (Lipinski definition) is 0. The molecule has 3 aliphatic rings. The van der Waals surface area contributed by atoms with Crippen LogP contribution in [0, 0.1) is 0 Å². The van der Waals surface area contributed by atoms with Crippen LogP contribution in [0.5, 0.6) is 5.75 Å². The first-order chi connectivity index (χ1) is 13.7. The van der Waals surface area contributed by atoms with Gasteiger partial charge >= 0.3 is 0 Å². The number of hydrogen-bond acceptors (Lipinski definition) is 7. The van der Waals surface area contributed by atoms with Crippen LogP contribution >= 0.6 is 0 Å². The first kappa shape index (κ1) is 15.7. The lowest BCUT2D eigenvalue weighted by atomic mass is 9.98. The van der Waals surface area contributed by atoms with Gasteiger partial charge in [0.25, 0.3) is 0 Å². The molecule has 1 saturated carbocycles. The van der Waals surface area contributed by atoms with E-state index in [1.807, 2.05) is 22.9 Å². The summed E-state index contributed by atoms with van der Waals surface area (Å²) in [5.41, 5.74) is 3.80. The van der Waals surface area contributed by atoms with E-state index >= 15 is 0 Å². The molecule has 140 valence electrons. The molecule has 0 unspecified atom stereocenters. The summed E-state index contributed by atoms with van der Waals surface area (Å²) in [7, 11) is 0. The van der Waals surface area contributed by atoms with Gasteiger partial charge in [-0.1, -0.05) is 0 Å². The highest BCUT2D eigenvalue weighted by Crippen LogP contribution is 2.42. The molecule has 2 aromatic heterocycles. The molecule has 0 N–H and O–H groups in total. The van der Waals surface area contributed by atoms with Gasteiger partial charge < -0.3 is 9.64 Å². The zero-order chi connectivity index (χ0) is 18.7. The summed E-state index contributed by atoms with van der Waals surface area (Å²) in [6.07, 6.45) is 5.44. The Morgan fingerprint density at radius 3 is 2.86 bits per heavy atom. The van der Waals surface area contributed by atoms with Gasteiger partial charge in [0.15, 0.2) is 0 Å². The molecule has 0 spiro atoms. The van der Waals surface area contributed by atoms with Crippen molar-refractivity contribution in [2.24, 2.45) is 4.99 Å². The molecule has 0 atom stereocenters. The van der Waals surface area contributed by atoms with Gasteiger partial charge in [0.2, 0.25) is 0 Å². The molecule has 2 aliphatic heterocycles. The van der Waals surface area contributed by atoms with Crippen molar-refractivity contribution in [3.63, 3.8) is 0 Å². The molecule has 1 fully saturated rings. The normalized spacial score (nSPS) is 18.6. The summed E-state index contributed by atoms with van der Waals surface area (Å²) in [5, 5.41) is 4.23. The molecule has 8 heteroatoms. The third kappa shape index (κ3) is 2.56. The largest absolute Gasteiger partial charge is 0.488 e. The van der Waals surface area contributed by atoms with Gasteiger partial charge in [-0.2, -0.15) is 5.10 Å². The Kier molecular flexibility index (Phi) is 3.15. The Labute approximate surface area is 161 Å². The lowest BCUT2D eigenvalue weighted by Crippen LogP contribution is -2.35. The number of benzene rings is 1. The third-order valence-corrected chi connectivity index (χ3v) is 5.60. The minimum Gasteiger partial charge on any atom is -0.488 e. The topological polar surface area (TPSA) is 81.3 Å². The van der Waals surface area contributed by atoms with Crippen molar-refractivity contribution in [3.8, 4) is 5.75 Å². The Bertz CT molecular complexity index is 1120. The second-order valence-electron chi connectivity index (χ2n) is 7.77. The Balaban J connectivity index is 1.27. The summed E-state index contributed by atoms with van der Waals surface area (Å²) in [5.74, 6) is 2.73. The van der Waals surface area contributed by atoms with E-state index in [4.69, 9.17) is 4.74 Å². The minimum atomic E-state index is 0.00615. The van der Waals surface area contributed by atoms with E-state index in [1.54, 1.807) is 12.7 Å². The first-order valence-electron chi connectivity index (χ1n) is 9.53. The van der Waals surface area contributed by atoms with Crippen molar-refractivity contribution < 1.29 is 4.74 Å². The Hall–Kier alpha value is -3.29. The maximum absolute atomic E-state index is 6.10. The van der Waals surface area contributed by atoms with Gasteiger partial charge in [-0.25, -0.2) is 24.6 Å². The van der Waals surface area contributed by atoms with Crippen LogP contribution in [0.1, 0.15) is 36.8 Å². The highest BCUT2D eigenvalue weighted by molar-refractivity contribution is 6.21. The maximum atomic E-state index is 6.10. The van der Waals surface area contributed by atoms with E-state index < -0.39 is 0 Å². The molecule has 4 heterocycles. The number of fused-ring (bicyclic) bond motifs is 2. The van der Waals surface area contributed by atoms with Crippen LogP contribution in [0.2, 0.25) is 0 Å². The second kappa shape index (κ2) is 5.60. The second-order valence-corrected chi connectivity index (χ2v) is 7.77. The average molecular weight is 373 g/mol. The predicted molar refractivity (Wildman–Crippen MR) is 103 cm³/mol. The van der Waals surface area contributed by atoms with Gasteiger partial charge in [0.05, 0.1) is 30.2 Å². The highest BCUT2D eigenvalue weighted by atomic mass is 16.5. The molecular weight excluding hydrogens is 354 g/mol. The smallest absolute Gasteiger partial charge is 0.146 e. The number of rotatable bonds is 4. The van der Waals surface area contributed by atoms with Gasteiger partial charge in [0, 0.05) is 18.2 Å².